The van der Waals surface area contributed by atoms with Gasteiger partial charge in [-0.25, -0.2) is 0 Å². The van der Waals surface area contributed by atoms with Crippen molar-refractivity contribution in [2.75, 3.05) is 13.1 Å². The van der Waals surface area contributed by atoms with Crippen molar-refractivity contribution < 1.29 is 9.90 Å². The number of benzene rings is 1. The van der Waals surface area contributed by atoms with Gasteiger partial charge in [0.05, 0.1) is 5.60 Å². The number of hydrogen-bond donors (Lipinski definition) is 1. The third kappa shape index (κ3) is 2.76. The van der Waals surface area contributed by atoms with Gasteiger partial charge in [0.1, 0.15) is 0 Å². The van der Waals surface area contributed by atoms with Gasteiger partial charge in [-0.15, -0.1) is 0 Å². The molecule has 1 unspecified atom stereocenters. The highest BCUT2D eigenvalue weighted by molar-refractivity contribution is 6.31. The maximum Gasteiger partial charge on any atom is 0.225 e. The van der Waals surface area contributed by atoms with Crippen molar-refractivity contribution in [2.24, 2.45) is 11.3 Å². The zero-order chi connectivity index (χ0) is 17.1. The van der Waals surface area contributed by atoms with Gasteiger partial charge >= 0.3 is 0 Å². The first-order valence-electron chi connectivity index (χ1n) is 9.04. The number of likely N-dealkylation sites (tertiary alicyclic amines) is 1. The summed E-state index contributed by atoms with van der Waals surface area (Å²) in [7, 11) is 0. The number of carbonyl (C=O) groups excluding carboxylic acids is 1. The van der Waals surface area contributed by atoms with E-state index in [9.17, 15) is 9.90 Å². The standard InChI is InChI=1S/C20H26ClNO2/c1-13-3-4-14(7-17(13)21)15-5-6-20(10-15)11-22(12-20)18(23)16-8-19(2,24)9-16/h3-4,7,15-16,24H,5-6,8-12H2,1-2H3/t15?,16-,19+. The number of rotatable bonds is 2. The monoisotopic (exact) mass is 347 g/mol. The number of carbonyl (C=O) groups is 1. The zero-order valence-electron chi connectivity index (χ0n) is 14.5. The fourth-order valence-electron chi connectivity index (χ4n) is 5.00. The maximum atomic E-state index is 12.5. The zero-order valence-corrected chi connectivity index (χ0v) is 15.3. The Labute approximate surface area is 149 Å². The molecule has 3 fully saturated rings. The highest BCUT2D eigenvalue weighted by Gasteiger charge is 2.53. The van der Waals surface area contributed by atoms with E-state index < -0.39 is 5.60 Å². The summed E-state index contributed by atoms with van der Waals surface area (Å²) in [5.41, 5.74) is 2.18. The van der Waals surface area contributed by atoms with Crippen LogP contribution in [-0.2, 0) is 4.79 Å². The average Bonchev–Trinajstić information content (AvgIpc) is 2.91. The van der Waals surface area contributed by atoms with Crippen molar-refractivity contribution in [2.45, 2.75) is 57.5 Å². The molecule has 1 aromatic rings. The SMILES string of the molecule is Cc1ccc(C2CCC3(C2)CN(C(=O)[C@H]2C[C@@](C)(O)C2)C3)cc1Cl. The largest absolute Gasteiger partial charge is 0.390 e. The Hall–Kier alpha value is -1.06. The van der Waals surface area contributed by atoms with Crippen LogP contribution < -0.4 is 0 Å². The van der Waals surface area contributed by atoms with Crippen LogP contribution in [0.1, 0.15) is 56.1 Å². The Bertz CT molecular complexity index is 670. The average molecular weight is 348 g/mol. The second-order valence-electron chi connectivity index (χ2n) is 8.74. The van der Waals surface area contributed by atoms with Crippen LogP contribution in [0.15, 0.2) is 18.2 Å². The van der Waals surface area contributed by atoms with Crippen LogP contribution in [0.2, 0.25) is 5.02 Å². The van der Waals surface area contributed by atoms with Gasteiger partial charge in [-0.2, -0.15) is 0 Å². The summed E-state index contributed by atoms with van der Waals surface area (Å²) in [4.78, 5) is 14.5. The summed E-state index contributed by atoms with van der Waals surface area (Å²) in [6.07, 6.45) is 4.81. The maximum absolute atomic E-state index is 12.5. The minimum Gasteiger partial charge on any atom is -0.390 e. The summed E-state index contributed by atoms with van der Waals surface area (Å²) in [6, 6.07) is 6.45. The van der Waals surface area contributed by atoms with Crippen molar-refractivity contribution >= 4 is 17.5 Å². The molecule has 0 radical (unpaired) electrons. The molecular formula is C20H26ClNO2. The molecule has 2 aliphatic carbocycles. The number of hydrogen-bond acceptors (Lipinski definition) is 2. The van der Waals surface area contributed by atoms with E-state index in [4.69, 9.17) is 11.6 Å². The molecule has 0 bridgehead atoms. The molecule has 1 saturated heterocycles. The van der Waals surface area contributed by atoms with Crippen LogP contribution in [0.5, 0.6) is 0 Å². The van der Waals surface area contributed by atoms with Crippen LogP contribution in [-0.4, -0.2) is 34.6 Å². The molecule has 3 nitrogen and oxygen atoms in total. The third-order valence-electron chi connectivity index (χ3n) is 6.46. The smallest absolute Gasteiger partial charge is 0.225 e. The van der Waals surface area contributed by atoms with E-state index >= 15 is 0 Å². The molecule has 1 N–H and O–H groups in total. The Kier molecular flexibility index (Phi) is 3.74. The molecule has 0 aromatic heterocycles. The van der Waals surface area contributed by atoms with Crippen molar-refractivity contribution in [1.82, 2.24) is 4.90 Å². The van der Waals surface area contributed by atoms with Crippen molar-refractivity contribution in [3.05, 3.63) is 34.3 Å². The van der Waals surface area contributed by atoms with E-state index in [1.165, 1.54) is 24.8 Å². The molecular weight excluding hydrogens is 322 g/mol. The normalized spacial score (nSPS) is 34.1. The van der Waals surface area contributed by atoms with Gasteiger partial charge in [0.25, 0.3) is 0 Å². The predicted molar refractivity (Wildman–Crippen MR) is 95.1 cm³/mol. The highest BCUT2D eigenvalue weighted by Crippen LogP contribution is 2.53. The third-order valence-corrected chi connectivity index (χ3v) is 6.86. The first-order valence-corrected chi connectivity index (χ1v) is 9.42. The van der Waals surface area contributed by atoms with Crippen molar-refractivity contribution in [3.8, 4) is 0 Å². The Morgan fingerprint density at radius 3 is 2.62 bits per heavy atom. The summed E-state index contributed by atoms with van der Waals surface area (Å²) in [5.74, 6) is 0.879. The first kappa shape index (κ1) is 16.4. The van der Waals surface area contributed by atoms with Crippen LogP contribution in [0.3, 0.4) is 0 Å². The molecule has 130 valence electrons. The molecule has 1 atom stereocenters. The van der Waals surface area contributed by atoms with Crippen LogP contribution in [0, 0.1) is 18.3 Å². The van der Waals surface area contributed by atoms with Crippen LogP contribution in [0.25, 0.3) is 0 Å². The molecule has 1 heterocycles. The number of halogens is 1. The molecule has 1 amide bonds. The number of aliphatic hydroxyl groups is 1. The van der Waals surface area contributed by atoms with Crippen molar-refractivity contribution in [1.29, 1.82) is 0 Å². The lowest BCUT2D eigenvalue weighted by atomic mass is 9.69. The van der Waals surface area contributed by atoms with E-state index in [1.807, 2.05) is 18.7 Å². The van der Waals surface area contributed by atoms with Gasteiger partial charge in [-0.1, -0.05) is 23.7 Å². The molecule has 2 saturated carbocycles. The summed E-state index contributed by atoms with van der Waals surface area (Å²) in [5, 5.41) is 10.7. The summed E-state index contributed by atoms with van der Waals surface area (Å²) >= 11 is 6.28. The Balaban J connectivity index is 1.35. The minimum absolute atomic E-state index is 0.0467. The molecule has 1 aliphatic heterocycles. The van der Waals surface area contributed by atoms with Gasteiger partial charge < -0.3 is 10.0 Å². The molecule has 3 aliphatic rings. The molecule has 4 heteroatoms. The second-order valence-corrected chi connectivity index (χ2v) is 9.15. The quantitative estimate of drug-likeness (QED) is 0.881. The molecule has 4 rings (SSSR count). The lowest BCUT2D eigenvalue weighted by Gasteiger charge is -2.52. The van der Waals surface area contributed by atoms with Crippen molar-refractivity contribution in [3.63, 3.8) is 0 Å². The van der Waals surface area contributed by atoms with Gasteiger partial charge in [-0.05, 0) is 69.1 Å². The first-order chi connectivity index (χ1) is 11.3. The summed E-state index contributed by atoms with van der Waals surface area (Å²) < 4.78 is 0. The van der Waals surface area contributed by atoms with E-state index in [-0.39, 0.29) is 11.8 Å². The van der Waals surface area contributed by atoms with E-state index in [0.29, 0.717) is 24.2 Å². The minimum atomic E-state index is -0.619. The van der Waals surface area contributed by atoms with Gasteiger partial charge in [0.15, 0.2) is 0 Å². The summed E-state index contributed by atoms with van der Waals surface area (Å²) in [6.45, 7) is 5.67. The lowest BCUT2D eigenvalue weighted by Crippen LogP contribution is -2.61. The topological polar surface area (TPSA) is 40.5 Å². The number of aryl methyl sites for hydroxylation is 1. The Morgan fingerprint density at radius 1 is 1.29 bits per heavy atom. The molecule has 1 aromatic carbocycles. The van der Waals surface area contributed by atoms with Crippen LogP contribution >= 0.6 is 11.6 Å². The fraction of sp³-hybridized carbons (Fsp3) is 0.650. The van der Waals surface area contributed by atoms with Gasteiger partial charge in [-0.3, -0.25) is 4.79 Å². The molecule has 24 heavy (non-hydrogen) atoms. The fourth-order valence-corrected chi connectivity index (χ4v) is 5.18. The van der Waals surface area contributed by atoms with E-state index in [0.717, 1.165) is 23.7 Å². The lowest BCUT2D eigenvalue weighted by molar-refractivity contribution is -0.161. The van der Waals surface area contributed by atoms with E-state index in [2.05, 4.69) is 18.2 Å². The Morgan fingerprint density at radius 2 is 2.00 bits per heavy atom. The predicted octanol–water partition coefficient (Wildman–Crippen LogP) is 3.91. The molecule has 1 spiro atoms. The van der Waals surface area contributed by atoms with Gasteiger partial charge in [0.2, 0.25) is 5.91 Å². The highest BCUT2D eigenvalue weighted by atomic mass is 35.5. The van der Waals surface area contributed by atoms with E-state index in [1.54, 1.807) is 0 Å². The number of amides is 1. The van der Waals surface area contributed by atoms with Gasteiger partial charge in [0, 0.05) is 29.4 Å². The van der Waals surface area contributed by atoms with Crippen LogP contribution in [0.4, 0.5) is 0 Å². The number of nitrogens with zero attached hydrogens (tertiary/aromatic N) is 1. The second kappa shape index (κ2) is 5.47.